The van der Waals surface area contributed by atoms with Crippen LogP contribution in [0.4, 0.5) is 4.39 Å². The number of carbonyl (C=O) groups is 1. The number of methoxy groups -OCH3 is 1. The van der Waals surface area contributed by atoms with Crippen molar-refractivity contribution in [3.63, 3.8) is 0 Å². The Hall–Kier alpha value is -1.23. The van der Waals surface area contributed by atoms with Crippen molar-refractivity contribution in [3.8, 4) is 5.75 Å². The van der Waals surface area contributed by atoms with Crippen LogP contribution >= 0.6 is 11.8 Å². The summed E-state index contributed by atoms with van der Waals surface area (Å²) in [4.78, 5) is 10.9. The van der Waals surface area contributed by atoms with E-state index in [1.807, 2.05) is 0 Å². The number of hydrogen-bond donors (Lipinski definition) is 1. The first-order valence-electron chi connectivity index (χ1n) is 3.75. The van der Waals surface area contributed by atoms with Crippen LogP contribution in [0.3, 0.4) is 0 Å². The van der Waals surface area contributed by atoms with Gasteiger partial charge in [0.05, 0.1) is 12.0 Å². The maximum absolute atomic E-state index is 13.2. The van der Waals surface area contributed by atoms with Crippen molar-refractivity contribution in [1.29, 1.82) is 0 Å². The predicted molar refractivity (Wildman–Crippen MR) is 51.7 cm³/mol. The first-order chi connectivity index (χ1) is 6.61. The van der Waals surface area contributed by atoms with Gasteiger partial charge in [-0.2, -0.15) is 0 Å². The second-order valence-electron chi connectivity index (χ2n) is 2.46. The highest BCUT2D eigenvalue weighted by Gasteiger charge is 2.19. The predicted octanol–water partition coefficient (Wildman–Crippen LogP) is 2.25. The lowest BCUT2D eigenvalue weighted by atomic mass is 10.2. The fourth-order valence-corrected chi connectivity index (χ4v) is 1.77. The minimum atomic E-state index is -1.19. The normalized spacial score (nSPS) is 9.93. The summed E-state index contributed by atoms with van der Waals surface area (Å²) in [5.41, 5.74) is -0.125. The maximum atomic E-state index is 13.2. The smallest absolute Gasteiger partial charge is 0.340 e. The van der Waals surface area contributed by atoms with Gasteiger partial charge in [0, 0.05) is 0 Å². The molecule has 0 fully saturated rings. The summed E-state index contributed by atoms with van der Waals surface area (Å²) in [6.45, 7) is 0. The standard InChI is InChI=1S/C9H9FO3S/c1-13-6-4-3-5(10)8(14-2)7(6)9(11)12/h3-4H,1-2H3,(H,11,12). The minimum Gasteiger partial charge on any atom is -0.496 e. The molecule has 3 nitrogen and oxygen atoms in total. The van der Waals surface area contributed by atoms with Crippen LogP contribution in [0, 0.1) is 5.82 Å². The highest BCUT2D eigenvalue weighted by Crippen LogP contribution is 2.31. The molecule has 0 radical (unpaired) electrons. The zero-order valence-electron chi connectivity index (χ0n) is 7.70. The highest BCUT2D eigenvalue weighted by atomic mass is 32.2. The van der Waals surface area contributed by atoms with Crippen LogP contribution in [0.15, 0.2) is 17.0 Å². The van der Waals surface area contributed by atoms with Gasteiger partial charge in [-0.3, -0.25) is 0 Å². The van der Waals surface area contributed by atoms with Crippen LogP contribution in [0.1, 0.15) is 10.4 Å². The Bertz CT molecular complexity index is 365. The van der Waals surface area contributed by atoms with Gasteiger partial charge in [0.15, 0.2) is 0 Å². The molecule has 0 atom stereocenters. The molecule has 0 aromatic heterocycles. The van der Waals surface area contributed by atoms with Gasteiger partial charge < -0.3 is 9.84 Å². The average molecular weight is 216 g/mol. The summed E-state index contributed by atoms with van der Waals surface area (Å²) in [7, 11) is 1.35. The van der Waals surface area contributed by atoms with Crippen molar-refractivity contribution >= 4 is 17.7 Å². The molecule has 1 N–H and O–H groups in total. The molecule has 0 saturated heterocycles. The third-order valence-electron chi connectivity index (χ3n) is 1.71. The summed E-state index contributed by atoms with van der Waals surface area (Å²) in [6.07, 6.45) is 1.62. The quantitative estimate of drug-likeness (QED) is 0.787. The molecule has 1 rings (SSSR count). The summed E-state index contributed by atoms with van der Waals surface area (Å²) < 4.78 is 18.0. The third kappa shape index (κ3) is 1.82. The van der Waals surface area contributed by atoms with Crippen molar-refractivity contribution in [3.05, 3.63) is 23.5 Å². The molecule has 76 valence electrons. The van der Waals surface area contributed by atoms with Gasteiger partial charge in [0.1, 0.15) is 17.1 Å². The number of benzene rings is 1. The van der Waals surface area contributed by atoms with Crippen molar-refractivity contribution in [2.45, 2.75) is 4.90 Å². The Labute approximate surface area is 84.9 Å². The number of thioether (sulfide) groups is 1. The molecule has 0 bridgehead atoms. The Morgan fingerprint density at radius 1 is 1.57 bits per heavy atom. The van der Waals surface area contributed by atoms with Crippen LogP contribution in [0.25, 0.3) is 0 Å². The topological polar surface area (TPSA) is 46.5 Å². The fraction of sp³-hybridized carbons (Fsp3) is 0.222. The number of aromatic carboxylic acids is 1. The Balaban J connectivity index is 3.43. The van der Waals surface area contributed by atoms with E-state index in [9.17, 15) is 9.18 Å². The molecule has 0 amide bonds. The molecule has 0 unspecified atom stereocenters. The molecule has 5 heteroatoms. The van der Waals surface area contributed by atoms with E-state index < -0.39 is 11.8 Å². The van der Waals surface area contributed by atoms with Gasteiger partial charge in [-0.15, -0.1) is 11.8 Å². The first-order valence-corrected chi connectivity index (χ1v) is 4.98. The van der Waals surface area contributed by atoms with Crippen molar-refractivity contribution in [2.75, 3.05) is 13.4 Å². The molecule has 0 aliphatic rings. The van der Waals surface area contributed by atoms with E-state index in [4.69, 9.17) is 9.84 Å². The van der Waals surface area contributed by atoms with Gasteiger partial charge in [0.2, 0.25) is 0 Å². The monoisotopic (exact) mass is 216 g/mol. The third-order valence-corrected chi connectivity index (χ3v) is 2.52. The number of rotatable bonds is 3. The van der Waals surface area contributed by atoms with Crippen molar-refractivity contribution in [2.24, 2.45) is 0 Å². The summed E-state index contributed by atoms with van der Waals surface area (Å²) >= 11 is 1.04. The number of carboxylic acid groups (broad SMARTS) is 1. The molecular formula is C9H9FO3S. The lowest BCUT2D eigenvalue weighted by Crippen LogP contribution is -2.04. The summed E-state index contributed by atoms with van der Waals surface area (Å²) in [5.74, 6) is -1.57. The fourth-order valence-electron chi connectivity index (χ4n) is 1.11. The molecule has 0 aliphatic carbocycles. The SMILES string of the molecule is COc1ccc(F)c(SC)c1C(=O)O. The molecule has 1 aromatic rings. The molecule has 0 heterocycles. The molecular weight excluding hydrogens is 207 g/mol. The largest absolute Gasteiger partial charge is 0.496 e. The molecule has 0 spiro atoms. The first kappa shape index (κ1) is 10.8. The number of carboxylic acids is 1. The number of hydrogen-bond acceptors (Lipinski definition) is 3. The Kier molecular flexibility index (Phi) is 3.35. The van der Waals surface area contributed by atoms with E-state index in [0.717, 1.165) is 11.8 Å². The van der Waals surface area contributed by atoms with Crippen molar-refractivity contribution in [1.82, 2.24) is 0 Å². The lowest BCUT2D eigenvalue weighted by molar-refractivity contribution is 0.0688. The van der Waals surface area contributed by atoms with Gasteiger partial charge in [-0.05, 0) is 18.4 Å². The van der Waals surface area contributed by atoms with Crippen LogP contribution in [-0.4, -0.2) is 24.4 Å². The van der Waals surface area contributed by atoms with Gasteiger partial charge >= 0.3 is 5.97 Å². The number of ether oxygens (including phenoxy) is 1. The molecule has 0 saturated carbocycles. The van der Waals surface area contributed by atoms with Gasteiger partial charge in [-0.25, -0.2) is 9.18 Å². The molecule has 0 aliphatic heterocycles. The van der Waals surface area contributed by atoms with Gasteiger partial charge in [0.25, 0.3) is 0 Å². The summed E-state index contributed by atoms with van der Waals surface area (Å²) in [5, 5.41) is 8.87. The second-order valence-corrected chi connectivity index (χ2v) is 3.28. The lowest BCUT2D eigenvalue weighted by Gasteiger charge is -2.09. The Morgan fingerprint density at radius 2 is 2.21 bits per heavy atom. The minimum absolute atomic E-state index is 0.0943. The van der Waals surface area contributed by atoms with E-state index in [-0.39, 0.29) is 16.2 Å². The van der Waals surface area contributed by atoms with E-state index in [1.54, 1.807) is 6.26 Å². The second kappa shape index (κ2) is 4.32. The van der Waals surface area contributed by atoms with E-state index in [1.165, 1.54) is 19.2 Å². The van der Waals surface area contributed by atoms with Crippen LogP contribution in [-0.2, 0) is 0 Å². The molecule has 14 heavy (non-hydrogen) atoms. The van der Waals surface area contributed by atoms with E-state index >= 15 is 0 Å². The highest BCUT2D eigenvalue weighted by molar-refractivity contribution is 7.98. The number of halogens is 1. The Morgan fingerprint density at radius 3 is 2.64 bits per heavy atom. The summed E-state index contributed by atoms with van der Waals surface area (Å²) in [6, 6.07) is 2.50. The van der Waals surface area contributed by atoms with Gasteiger partial charge in [-0.1, -0.05) is 0 Å². The zero-order chi connectivity index (χ0) is 10.7. The maximum Gasteiger partial charge on any atom is 0.340 e. The van der Waals surface area contributed by atoms with Crippen molar-refractivity contribution < 1.29 is 19.0 Å². The van der Waals surface area contributed by atoms with Crippen LogP contribution < -0.4 is 4.74 Å². The van der Waals surface area contributed by atoms with E-state index in [0.29, 0.717) is 0 Å². The van der Waals surface area contributed by atoms with E-state index in [2.05, 4.69) is 0 Å². The van der Waals surface area contributed by atoms with Crippen LogP contribution in [0.2, 0.25) is 0 Å². The van der Waals surface area contributed by atoms with Crippen LogP contribution in [0.5, 0.6) is 5.75 Å². The molecule has 1 aromatic carbocycles. The average Bonchev–Trinajstić information content (AvgIpc) is 2.17. The zero-order valence-corrected chi connectivity index (χ0v) is 8.52.